The lowest BCUT2D eigenvalue weighted by molar-refractivity contribution is -0.114. The molecule has 0 radical (unpaired) electrons. The van der Waals surface area contributed by atoms with Crippen molar-refractivity contribution in [3.8, 4) is 0 Å². The van der Waals surface area contributed by atoms with Gasteiger partial charge < -0.3 is 5.32 Å². The summed E-state index contributed by atoms with van der Waals surface area (Å²) in [7, 11) is -3.80. The molecule has 1 amide bonds. The van der Waals surface area contributed by atoms with Crippen LogP contribution in [0, 0.1) is 5.82 Å². The van der Waals surface area contributed by atoms with Crippen LogP contribution in [0.25, 0.3) is 0 Å². The predicted octanol–water partition coefficient (Wildman–Crippen LogP) is 2.92. The van der Waals surface area contributed by atoms with Crippen LogP contribution in [0.5, 0.6) is 0 Å². The van der Waals surface area contributed by atoms with E-state index in [4.69, 9.17) is 11.6 Å². The topological polar surface area (TPSA) is 75.3 Å². The Morgan fingerprint density at radius 3 is 2.39 bits per heavy atom. The van der Waals surface area contributed by atoms with Gasteiger partial charge in [0.2, 0.25) is 15.9 Å². The molecule has 0 aliphatic heterocycles. The molecule has 0 aliphatic rings. The summed E-state index contributed by atoms with van der Waals surface area (Å²) in [5, 5.41) is 2.36. The van der Waals surface area contributed by atoms with Gasteiger partial charge in [-0.25, -0.2) is 17.5 Å². The first-order chi connectivity index (χ1) is 10.8. The molecular weight excluding hydrogens is 343 g/mol. The van der Waals surface area contributed by atoms with Gasteiger partial charge in [-0.2, -0.15) is 0 Å². The second-order valence-corrected chi connectivity index (χ2v) is 6.95. The number of amides is 1. The second kappa shape index (κ2) is 7.08. The van der Waals surface area contributed by atoms with Gasteiger partial charge in [-0.1, -0.05) is 23.7 Å². The molecule has 2 aromatic rings. The molecular formula is C15H14ClFN2O3S. The first-order valence-corrected chi connectivity index (χ1v) is 8.45. The Balaban J connectivity index is 2.06. The number of benzene rings is 2. The average Bonchev–Trinajstić information content (AvgIpc) is 2.49. The predicted molar refractivity (Wildman–Crippen MR) is 86.2 cm³/mol. The van der Waals surface area contributed by atoms with Gasteiger partial charge >= 0.3 is 0 Å². The number of nitrogens with one attached hydrogen (secondary N) is 2. The molecule has 0 spiro atoms. The highest BCUT2D eigenvalue weighted by Gasteiger charge is 2.15. The van der Waals surface area contributed by atoms with E-state index in [1.54, 1.807) is 24.3 Å². The SMILES string of the molecule is CC(=O)Nc1ccc(CNS(=O)(=O)c2ccc(F)c(Cl)c2)cc1. The van der Waals surface area contributed by atoms with E-state index in [1.807, 2.05) is 0 Å². The molecule has 122 valence electrons. The summed E-state index contributed by atoms with van der Waals surface area (Å²) < 4.78 is 39.8. The van der Waals surface area contributed by atoms with Gasteiger partial charge in [0.15, 0.2) is 0 Å². The second-order valence-electron chi connectivity index (χ2n) is 4.78. The highest BCUT2D eigenvalue weighted by Crippen LogP contribution is 2.19. The zero-order chi connectivity index (χ0) is 17.0. The smallest absolute Gasteiger partial charge is 0.240 e. The zero-order valence-electron chi connectivity index (χ0n) is 12.1. The molecule has 0 atom stereocenters. The minimum Gasteiger partial charge on any atom is -0.326 e. The summed E-state index contributed by atoms with van der Waals surface area (Å²) in [6, 6.07) is 9.90. The van der Waals surface area contributed by atoms with Crippen LogP contribution in [0.15, 0.2) is 47.4 Å². The lowest BCUT2D eigenvalue weighted by Gasteiger charge is -2.08. The Morgan fingerprint density at radius 2 is 1.83 bits per heavy atom. The molecule has 0 saturated heterocycles. The molecule has 0 fully saturated rings. The van der Waals surface area contributed by atoms with E-state index in [-0.39, 0.29) is 22.4 Å². The Kier molecular flexibility index (Phi) is 5.35. The normalized spacial score (nSPS) is 11.3. The van der Waals surface area contributed by atoms with E-state index in [1.165, 1.54) is 6.92 Å². The van der Waals surface area contributed by atoms with Crippen LogP contribution >= 0.6 is 11.6 Å². The molecule has 0 unspecified atom stereocenters. The van der Waals surface area contributed by atoms with E-state index in [0.717, 1.165) is 18.2 Å². The van der Waals surface area contributed by atoms with Crippen molar-refractivity contribution in [3.05, 3.63) is 58.9 Å². The van der Waals surface area contributed by atoms with E-state index in [2.05, 4.69) is 10.0 Å². The van der Waals surface area contributed by atoms with Gasteiger partial charge in [0.1, 0.15) is 5.82 Å². The van der Waals surface area contributed by atoms with E-state index < -0.39 is 15.8 Å². The monoisotopic (exact) mass is 356 g/mol. The van der Waals surface area contributed by atoms with Crippen LogP contribution in [0.1, 0.15) is 12.5 Å². The van der Waals surface area contributed by atoms with E-state index >= 15 is 0 Å². The van der Waals surface area contributed by atoms with Crippen molar-refractivity contribution >= 4 is 33.2 Å². The summed E-state index contributed by atoms with van der Waals surface area (Å²) in [5.41, 5.74) is 1.32. The number of sulfonamides is 1. The number of halogens is 2. The fraction of sp³-hybridized carbons (Fsp3) is 0.133. The molecule has 0 bridgehead atoms. The molecule has 2 aromatic carbocycles. The lowest BCUT2D eigenvalue weighted by Crippen LogP contribution is -2.23. The van der Waals surface area contributed by atoms with Crippen LogP contribution < -0.4 is 10.0 Å². The maximum atomic E-state index is 13.1. The molecule has 2 N–H and O–H groups in total. The van der Waals surface area contributed by atoms with Gasteiger partial charge in [-0.15, -0.1) is 0 Å². The van der Waals surface area contributed by atoms with E-state index in [9.17, 15) is 17.6 Å². The van der Waals surface area contributed by atoms with Crippen molar-refractivity contribution in [2.45, 2.75) is 18.4 Å². The summed E-state index contributed by atoms with van der Waals surface area (Å²) in [4.78, 5) is 10.8. The number of rotatable bonds is 5. The Labute approximate surface area is 138 Å². The Hall–Kier alpha value is -1.96. The number of hydrogen-bond acceptors (Lipinski definition) is 3. The minimum absolute atomic E-state index is 0.0533. The van der Waals surface area contributed by atoms with Crippen molar-refractivity contribution in [2.75, 3.05) is 5.32 Å². The van der Waals surface area contributed by atoms with Crippen molar-refractivity contribution in [1.29, 1.82) is 0 Å². The minimum atomic E-state index is -3.80. The van der Waals surface area contributed by atoms with Gasteiger partial charge in [-0.05, 0) is 35.9 Å². The highest BCUT2D eigenvalue weighted by molar-refractivity contribution is 7.89. The van der Waals surface area contributed by atoms with Gasteiger partial charge in [0.25, 0.3) is 0 Å². The maximum Gasteiger partial charge on any atom is 0.240 e. The molecule has 0 heterocycles. The standard InChI is InChI=1S/C15H14ClFN2O3S/c1-10(20)19-12-4-2-11(3-5-12)9-18-23(21,22)13-6-7-15(17)14(16)8-13/h2-8,18H,9H2,1H3,(H,19,20). The maximum absolute atomic E-state index is 13.1. The molecule has 0 saturated carbocycles. The largest absolute Gasteiger partial charge is 0.326 e. The van der Waals surface area contributed by atoms with Crippen LogP contribution in [0.3, 0.4) is 0 Å². The first-order valence-electron chi connectivity index (χ1n) is 6.59. The third-order valence-corrected chi connectivity index (χ3v) is 4.63. The fourth-order valence-corrected chi connectivity index (χ4v) is 3.10. The quantitative estimate of drug-likeness (QED) is 0.865. The van der Waals surface area contributed by atoms with Crippen LogP contribution in [-0.4, -0.2) is 14.3 Å². The summed E-state index contributed by atoms with van der Waals surface area (Å²) in [5.74, 6) is -0.870. The van der Waals surface area contributed by atoms with Crippen molar-refractivity contribution in [1.82, 2.24) is 4.72 Å². The number of anilines is 1. The first kappa shape index (κ1) is 17.4. The van der Waals surface area contributed by atoms with Gasteiger partial charge in [-0.3, -0.25) is 4.79 Å². The van der Waals surface area contributed by atoms with Gasteiger partial charge in [0.05, 0.1) is 9.92 Å². The average molecular weight is 357 g/mol. The van der Waals surface area contributed by atoms with E-state index in [0.29, 0.717) is 11.3 Å². The summed E-state index contributed by atoms with van der Waals surface area (Å²) >= 11 is 5.59. The third kappa shape index (κ3) is 4.75. The zero-order valence-corrected chi connectivity index (χ0v) is 13.7. The Bertz CT molecular complexity index is 823. The molecule has 8 heteroatoms. The number of carbonyl (C=O) groups excluding carboxylic acids is 1. The molecule has 0 aromatic heterocycles. The lowest BCUT2D eigenvalue weighted by atomic mass is 10.2. The molecule has 0 aliphatic carbocycles. The third-order valence-electron chi connectivity index (χ3n) is 2.94. The van der Waals surface area contributed by atoms with Crippen molar-refractivity contribution < 1.29 is 17.6 Å². The number of hydrogen-bond donors (Lipinski definition) is 2. The molecule has 5 nitrogen and oxygen atoms in total. The Morgan fingerprint density at radius 1 is 1.17 bits per heavy atom. The summed E-state index contributed by atoms with van der Waals surface area (Å²) in [6.45, 7) is 1.45. The van der Waals surface area contributed by atoms with Crippen LogP contribution in [0.4, 0.5) is 10.1 Å². The summed E-state index contributed by atoms with van der Waals surface area (Å²) in [6.07, 6.45) is 0. The van der Waals surface area contributed by atoms with Crippen LogP contribution in [0.2, 0.25) is 5.02 Å². The van der Waals surface area contributed by atoms with Crippen molar-refractivity contribution in [3.63, 3.8) is 0 Å². The highest BCUT2D eigenvalue weighted by atomic mass is 35.5. The molecule has 23 heavy (non-hydrogen) atoms. The van der Waals surface area contributed by atoms with Crippen molar-refractivity contribution in [2.24, 2.45) is 0 Å². The fourth-order valence-electron chi connectivity index (χ4n) is 1.81. The van der Waals surface area contributed by atoms with Gasteiger partial charge in [0, 0.05) is 19.2 Å². The van der Waals surface area contributed by atoms with Crippen LogP contribution in [-0.2, 0) is 21.4 Å². The number of carbonyl (C=O) groups is 1. The molecule has 2 rings (SSSR count).